The van der Waals surface area contributed by atoms with E-state index in [-0.39, 0.29) is 6.03 Å². The number of halogens is 1. The predicted molar refractivity (Wildman–Crippen MR) is 91.9 cm³/mol. The van der Waals surface area contributed by atoms with Crippen LogP contribution in [0.4, 0.5) is 4.79 Å². The van der Waals surface area contributed by atoms with Crippen molar-refractivity contribution in [1.82, 2.24) is 10.6 Å². The predicted octanol–water partition coefficient (Wildman–Crippen LogP) is 4.16. The number of nitrogens with one attached hydrogen (secondary N) is 2. The van der Waals surface area contributed by atoms with Gasteiger partial charge in [-0.3, -0.25) is 0 Å². The first-order valence-electron chi connectivity index (χ1n) is 7.17. The number of carbonyl (C=O) groups excluding carboxylic acids is 1. The highest BCUT2D eigenvalue weighted by Crippen LogP contribution is 2.15. The fourth-order valence-corrected chi connectivity index (χ4v) is 2.27. The lowest BCUT2D eigenvalue weighted by molar-refractivity contribution is 0.244. The van der Waals surface area contributed by atoms with Crippen molar-refractivity contribution in [2.75, 3.05) is 6.54 Å². The summed E-state index contributed by atoms with van der Waals surface area (Å²) in [6, 6.07) is 15.4. The van der Waals surface area contributed by atoms with Crippen LogP contribution in [0.15, 0.2) is 54.7 Å². The van der Waals surface area contributed by atoms with E-state index < -0.39 is 0 Å². The Balaban J connectivity index is 1.75. The molecule has 0 fully saturated rings. The molecule has 0 heterocycles. The van der Waals surface area contributed by atoms with E-state index in [9.17, 15) is 4.79 Å². The van der Waals surface area contributed by atoms with Crippen molar-refractivity contribution in [2.24, 2.45) is 0 Å². The SMILES string of the molecule is Cc1ccccc1CCNC(=O)N/C=C/c1ccccc1Cl. The first-order valence-corrected chi connectivity index (χ1v) is 7.54. The lowest BCUT2D eigenvalue weighted by atomic mass is 10.1. The number of hydrogen-bond acceptors (Lipinski definition) is 1. The molecule has 0 aliphatic heterocycles. The van der Waals surface area contributed by atoms with Gasteiger partial charge in [0.2, 0.25) is 0 Å². The van der Waals surface area contributed by atoms with Gasteiger partial charge in [0.15, 0.2) is 0 Å². The maximum Gasteiger partial charge on any atom is 0.318 e. The first kappa shape index (κ1) is 16.1. The van der Waals surface area contributed by atoms with Gasteiger partial charge in [-0.1, -0.05) is 54.1 Å². The molecule has 0 spiro atoms. The summed E-state index contributed by atoms with van der Waals surface area (Å²) in [5.74, 6) is 0. The fraction of sp³-hybridized carbons (Fsp3) is 0.167. The second-order valence-electron chi connectivity index (χ2n) is 4.93. The van der Waals surface area contributed by atoms with E-state index in [2.05, 4.69) is 29.7 Å². The summed E-state index contributed by atoms with van der Waals surface area (Å²) in [7, 11) is 0. The van der Waals surface area contributed by atoms with Crippen LogP contribution in [0.5, 0.6) is 0 Å². The van der Waals surface area contributed by atoms with Crippen LogP contribution in [-0.4, -0.2) is 12.6 Å². The van der Waals surface area contributed by atoms with Crippen LogP contribution in [0.3, 0.4) is 0 Å². The Morgan fingerprint density at radius 3 is 2.64 bits per heavy atom. The standard InChI is InChI=1S/C18H19ClN2O/c1-14-6-2-3-7-15(14)10-12-20-18(22)21-13-11-16-8-4-5-9-17(16)19/h2-9,11,13H,10,12H2,1H3,(H2,20,21,22)/b13-11+. The van der Waals surface area contributed by atoms with E-state index in [4.69, 9.17) is 11.6 Å². The summed E-state index contributed by atoms with van der Waals surface area (Å²) < 4.78 is 0. The van der Waals surface area contributed by atoms with Crippen LogP contribution in [0.1, 0.15) is 16.7 Å². The second-order valence-corrected chi connectivity index (χ2v) is 5.34. The molecule has 2 N–H and O–H groups in total. The molecule has 2 aromatic carbocycles. The molecule has 0 aliphatic carbocycles. The number of benzene rings is 2. The van der Waals surface area contributed by atoms with Crippen LogP contribution >= 0.6 is 11.6 Å². The van der Waals surface area contributed by atoms with Gasteiger partial charge in [-0.15, -0.1) is 0 Å². The Morgan fingerprint density at radius 2 is 1.86 bits per heavy atom. The van der Waals surface area contributed by atoms with Crippen molar-refractivity contribution >= 4 is 23.7 Å². The van der Waals surface area contributed by atoms with Crippen LogP contribution in [0.2, 0.25) is 5.02 Å². The highest BCUT2D eigenvalue weighted by Gasteiger charge is 2.00. The van der Waals surface area contributed by atoms with E-state index in [0.29, 0.717) is 11.6 Å². The van der Waals surface area contributed by atoms with Crippen molar-refractivity contribution in [2.45, 2.75) is 13.3 Å². The average molecular weight is 315 g/mol. The van der Waals surface area contributed by atoms with Gasteiger partial charge in [-0.05, 0) is 42.2 Å². The van der Waals surface area contributed by atoms with Crippen molar-refractivity contribution in [1.29, 1.82) is 0 Å². The third-order valence-electron chi connectivity index (χ3n) is 3.32. The zero-order valence-corrected chi connectivity index (χ0v) is 13.2. The van der Waals surface area contributed by atoms with Crippen molar-refractivity contribution < 1.29 is 4.79 Å². The Labute approximate surface area is 136 Å². The first-order chi connectivity index (χ1) is 10.7. The minimum atomic E-state index is -0.225. The minimum Gasteiger partial charge on any atom is -0.338 e. The summed E-state index contributed by atoms with van der Waals surface area (Å²) in [5, 5.41) is 6.15. The smallest absolute Gasteiger partial charge is 0.318 e. The van der Waals surface area contributed by atoms with Gasteiger partial charge in [-0.25, -0.2) is 4.79 Å². The molecule has 4 heteroatoms. The zero-order valence-electron chi connectivity index (χ0n) is 12.5. The molecule has 3 nitrogen and oxygen atoms in total. The third-order valence-corrected chi connectivity index (χ3v) is 3.67. The van der Waals surface area contributed by atoms with Crippen LogP contribution in [-0.2, 0) is 6.42 Å². The highest BCUT2D eigenvalue weighted by molar-refractivity contribution is 6.32. The van der Waals surface area contributed by atoms with Crippen molar-refractivity contribution in [3.8, 4) is 0 Å². The van der Waals surface area contributed by atoms with Gasteiger partial charge < -0.3 is 10.6 Å². The lowest BCUT2D eigenvalue weighted by Gasteiger charge is -2.07. The molecule has 114 valence electrons. The number of rotatable bonds is 5. The normalized spacial score (nSPS) is 10.6. The Kier molecular flexibility index (Phi) is 6.04. The maximum absolute atomic E-state index is 11.7. The summed E-state index contributed by atoms with van der Waals surface area (Å²) in [4.78, 5) is 11.7. The monoisotopic (exact) mass is 314 g/mol. The van der Waals surface area contributed by atoms with Gasteiger partial charge in [0, 0.05) is 17.8 Å². The molecule has 0 bridgehead atoms. The van der Waals surface area contributed by atoms with Gasteiger partial charge in [0.25, 0.3) is 0 Å². The highest BCUT2D eigenvalue weighted by atomic mass is 35.5. The molecule has 0 radical (unpaired) electrons. The molecular formula is C18H19ClN2O. The molecule has 0 saturated carbocycles. The second kappa shape index (κ2) is 8.25. The topological polar surface area (TPSA) is 41.1 Å². The van der Waals surface area contributed by atoms with E-state index in [0.717, 1.165) is 12.0 Å². The van der Waals surface area contributed by atoms with E-state index in [1.807, 2.05) is 36.4 Å². The van der Waals surface area contributed by atoms with Crippen molar-refractivity contribution in [3.05, 3.63) is 76.4 Å². The van der Waals surface area contributed by atoms with Crippen LogP contribution < -0.4 is 10.6 Å². The Bertz CT molecular complexity index is 668. The third kappa shape index (κ3) is 4.93. The zero-order chi connectivity index (χ0) is 15.8. The number of amides is 2. The van der Waals surface area contributed by atoms with E-state index >= 15 is 0 Å². The molecule has 0 unspecified atom stereocenters. The lowest BCUT2D eigenvalue weighted by Crippen LogP contribution is -2.33. The summed E-state index contributed by atoms with van der Waals surface area (Å²) in [6.07, 6.45) is 4.17. The number of urea groups is 1. The average Bonchev–Trinajstić information content (AvgIpc) is 2.51. The molecule has 2 rings (SSSR count). The summed E-state index contributed by atoms with van der Waals surface area (Å²) >= 11 is 6.03. The van der Waals surface area contributed by atoms with Gasteiger partial charge in [0.05, 0.1) is 0 Å². The summed E-state index contributed by atoms with van der Waals surface area (Å²) in [5.41, 5.74) is 3.35. The van der Waals surface area contributed by atoms with Gasteiger partial charge >= 0.3 is 6.03 Å². The molecule has 0 aromatic heterocycles. The molecule has 0 saturated heterocycles. The Morgan fingerprint density at radius 1 is 1.14 bits per heavy atom. The molecule has 22 heavy (non-hydrogen) atoms. The minimum absolute atomic E-state index is 0.225. The number of aryl methyl sites for hydroxylation is 1. The van der Waals surface area contributed by atoms with Crippen LogP contribution in [0, 0.1) is 6.92 Å². The maximum atomic E-state index is 11.7. The molecule has 2 aromatic rings. The summed E-state index contributed by atoms with van der Waals surface area (Å²) in [6.45, 7) is 2.67. The van der Waals surface area contributed by atoms with Gasteiger partial charge in [0.1, 0.15) is 0 Å². The molecule has 2 amide bonds. The fourth-order valence-electron chi connectivity index (χ4n) is 2.07. The number of hydrogen-bond donors (Lipinski definition) is 2. The number of carbonyl (C=O) groups is 1. The molecular weight excluding hydrogens is 296 g/mol. The van der Waals surface area contributed by atoms with E-state index in [1.54, 1.807) is 12.3 Å². The van der Waals surface area contributed by atoms with E-state index in [1.165, 1.54) is 11.1 Å². The van der Waals surface area contributed by atoms with Crippen LogP contribution in [0.25, 0.3) is 6.08 Å². The Hall–Kier alpha value is -2.26. The molecule has 0 aliphatic rings. The quantitative estimate of drug-likeness (QED) is 0.854. The van der Waals surface area contributed by atoms with Gasteiger partial charge in [-0.2, -0.15) is 0 Å². The van der Waals surface area contributed by atoms with Crippen molar-refractivity contribution in [3.63, 3.8) is 0 Å². The largest absolute Gasteiger partial charge is 0.338 e. The molecule has 0 atom stereocenters.